The lowest BCUT2D eigenvalue weighted by Gasteiger charge is -2.38. The first-order valence-corrected chi connectivity index (χ1v) is 10.9. The molecule has 0 bridgehead atoms. The summed E-state index contributed by atoms with van der Waals surface area (Å²) in [5.74, 6) is 1.11. The SMILES string of the molecule is CN=C(NCCN1CCN(C(=O)C2CCC2)CC1)NC(C)c1cccc(C(F)(F)F)c1.I. The Morgan fingerprint density at radius 1 is 1.22 bits per heavy atom. The maximum Gasteiger partial charge on any atom is 0.416 e. The summed E-state index contributed by atoms with van der Waals surface area (Å²) in [4.78, 5) is 20.8. The lowest BCUT2D eigenvalue weighted by molar-refractivity contribution is -0.140. The normalized spacial score (nSPS) is 19.0. The minimum atomic E-state index is -4.36. The van der Waals surface area contributed by atoms with E-state index in [0.717, 1.165) is 57.7 Å². The van der Waals surface area contributed by atoms with Gasteiger partial charge in [-0.15, -0.1) is 24.0 Å². The van der Waals surface area contributed by atoms with E-state index in [9.17, 15) is 18.0 Å². The highest BCUT2D eigenvalue weighted by Gasteiger charge is 2.31. The predicted molar refractivity (Wildman–Crippen MR) is 130 cm³/mol. The molecule has 1 atom stereocenters. The van der Waals surface area contributed by atoms with E-state index in [4.69, 9.17) is 0 Å². The van der Waals surface area contributed by atoms with Crippen LogP contribution >= 0.6 is 24.0 Å². The highest BCUT2D eigenvalue weighted by Crippen LogP contribution is 2.31. The smallest absolute Gasteiger partial charge is 0.355 e. The van der Waals surface area contributed by atoms with Gasteiger partial charge in [0, 0.05) is 52.2 Å². The summed E-state index contributed by atoms with van der Waals surface area (Å²) < 4.78 is 38.8. The van der Waals surface area contributed by atoms with E-state index in [-0.39, 0.29) is 35.9 Å². The molecule has 10 heteroatoms. The number of rotatable bonds is 6. The molecule has 1 saturated carbocycles. The van der Waals surface area contributed by atoms with Crippen LogP contribution in [-0.2, 0) is 11.0 Å². The van der Waals surface area contributed by atoms with Gasteiger partial charge in [0.2, 0.25) is 5.91 Å². The minimum absolute atomic E-state index is 0. The number of guanidine groups is 1. The van der Waals surface area contributed by atoms with Gasteiger partial charge >= 0.3 is 6.18 Å². The fourth-order valence-corrected chi connectivity index (χ4v) is 3.91. The van der Waals surface area contributed by atoms with Crippen LogP contribution in [0.25, 0.3) is 0 Å². The number of hydrogen-bond acceptors (Lipinski definition) is 3. The standard InChI is InChI=1S/C22H32F3N5O.HI/c1-16(18-7-4-8-19(15-18)22(23,24)25)28-21(26-2)27-9-10-29-11-13-30(14-12-29)20(31)17-5-3-6-17;/h4,7-8,15-17H,3,5-6,9-14H2,1-2H3,(H2,26,27,28);1H. The number of benzene rings is 1. The summed E-state index contributed by atoms with van der Waals surface area (Å²) in [6, 6.07) is 5.00. The first-order chi connectivity index (χ1) is 14.8. The number of alkyl halides is 3. The fraction of sp³-hybridized carbons (Fsp3) is 0.636. The zero-order valence-electron chi connectivity index (χ0n) is 18.6. The van der Waals surface area contributed by atoms with Crippen molar-refractivity contribution in [2.45, 2.75) is 38.4 Å². The molecule has 1 saturated heterocycles. The van der Waals surface area contributed by atoms with Crippen LogP contribution in [0, 0.1) is 5.92 Å². The van der Waals surface area contributed by atoms with Crippen LogP contribution < -0.4 is 10.6 Å². The second-order valence-electron chi connectivity index (χ2n) is 8.28. The average Bonchev–Trinajstić information content (AvgIpc) is 2.71. The molecule has 3 rings (SSSR count). The van der Waals surface area contributed by atoms with Crippen molar-refractivity contribution in [2.75, 3.05) is 46.3 Å². The summed E-state index contributed by atoms with van der Waals surface area (Å²) in [6.45, 7) is 6.53. The Kier molecular flexibility index (Phi) is 10.1. The van der Waals surface area contributed by atoms with Gasteiger partial charge in [-0.05, 0) is 37.5 Å². The molecule has 2 aliphatic rings. The van der Waals surface area contributed by atoms with Gasteiger partial charge in [-0.1, -0.05) is 18.6 Å². The number of amides is 1. The number of carbonyl (C=O) groups is 1. The second kappa shape index (κ2) is 12.1. The number of nitrogens with one attached hydrogen (secondary N) is 2. The molecule has 2 fully saturated rings. The molecule has 32 heavy (non-hydrogen) atoms. The van der Waals surface area contributed by atoms with Gasteiger partial charge in [0.25, 0.3) is 0 Å². The number of halogens is 4. The summed E-state index contributed by atoms with van der Waals surface area (Å²) in [5.41, 5.74) is -0.110. The monoisotopic (exact) mass is 567 g/mol. The Labute approximate surface area is 205 Å². The zero-order valence-corrected chi connectivity index (χ0v) is 21.0. The maximum atomic E-state index is 12.9. The molecule has 1 unspecified atom stereocenters. The van der Waals surface area contributed by atoms with E-state index < -0.39 is 11.7 Å². The van der Waals surface area contributed by atoms with Gasteiger partial charge < -0.3 is 15.5 Å². The molecule has 6 nitrogen and oxygen atoms in total. The van der Waals surface area contributed by atoms with Gasteiger partial charge in [0.05, 0.1) is 11.6 Å². The minimum Gasteiger partial charge on any atom is -0.355 e. The summed E-state index contributed by atoms with van der Waals surface area (Å²) in [5, 5.41) is 6.37. The number of piperazine rings is 1. The Bertz CT molecular complexity index is 777. The Morgan fingerprint density at radius 2 is 1.91 bits per heavy atom. The van der Waals surface area contributed by atoms with Crippen molar-refractivity contribution in [3.63, 3.8) is 0 Å². The van der Waals surface area contributed by atoms with E-state index >= 15 is 0 Å². The van der Waals surface area contributed by atoms with Crippen molar-refractivity contribution in [1.82, 2.24) is 20.4 Å². The number of hydrogen-bond donors (Lipinski definition) is 2. The van der Waals surface area contributed by atoms with Gasteiger partial charge in [-0.2, -0.15) is 13.2 Å². The van der Waals surface area contributed by atoms with E-state index in [1.807, 2.05) is 4.90 Å². The molecule has 1 amide bonds. The highest BCUT2D eigenvalue weighted by molar-refractivity contribution is 14.0. The molecule has 180 valence electrons. The molecule has 0 radical (unpaired) electrons. The quantitative estimate of drug-likeness (QED) is 0.314. The molecule has 2 N–H and O–H groups in total. The zero-order chi connectivity index (χ0) is 22.4. The van der Waals surface area contributed by atoms with Crippen molar-refractivity contribution < 1.29 is 18.0 Å². The molecular weight excluding hydrogens is 534 g/mol. The van der Waals surface area contributed by atoms with Crippen molar-refractivity contribution in [3.8, 4) is 0 Å². The largest absolute Gasteiger partial charge is 0.416 e. The first kappa shape index (κ1) is 26.7. The van der Waals surface area contributed by atoms with Crippen molar-refractivity contribution in [1.29, 1.82) is 0 Å². The molecule has 1 heterocycles. The van der Waals surface area contributed by atoms with Gasteiger partial charge in [-0.25, -0.2) is 0 Å². The van der Waals surface area contributed by atoms with Crippen molar-refractivity contribution in [3.05, 3.63) is 35.4 Å². The molecule has 0 spiro atoms. The second-order valence-corrected chi connectivity index (χ2v) is 8.28. The van der Waals surface area contributed by atoms with E-state index in [1.165, 1.54) is 12.5 Å². The third-order valence-electron chi connectivity index (χ3n) is 6.15. The molecule has 0 aromatic heterocycles. The molecular formula is C22H33F3IN5O. The lowest BCUT2D eigenvalue weighted by Crippen LogP contribution is -2.52. The molecule has 1 aliphatic carbocycles. The van der Waals surface area contributed by atoms with Crippen LogP contribution in [0.3, 0.4) is 0 Å². The number of carbonyl (C=O) groups excluding carboxylic acids is 1. The molecule has 1 aromatic rings. The van der Waals surface area contributed by atoms with Gasteiger partial charge in [-0.3, -0.25) is 14.7 Å². The number of nitrogens with zero attached hydrogens (tertiary/aromatic N) is 3. The number of aliphatic imine (C=N–C) groups is 1. The van der Waals surface area contributed by atoms with Gasteiger partial charge in [0.15, 0.2) is 5.96 Å². The van der Waals surface area contributed by atoms with Gasteiger partial charge in [0.1, 0.15) is 0 Å². The van der Waals surface area contributed by atoms with Crippen molar-refractivity contribution in [2.24, 2.45) is 10.9 Å². The summed E-state index contributed by atoms with van der Waals surface area (Å²) >= 11 is 0. The summed E-state index contributed by atoms with van der Waals surface area (Å²) in [7, 11) is 1.64. The van der Waals surface area contributed by atoms with Crippen LogP contribution in [-0.4, -0.2) is 68.0 Å². The van der Waals surface area contributed by atoms with Crippen LogP contribution in [0.2, 0.25) is 0 Å². The average molecular weight is 567 g/mol. The van der Waals surface area contributed by atoms with Crippen molar-refractivity contribution >= 4 is 35.8 Å². The maximum absolute atomic E-state index is 12.9. The van der Waals surface area contributed by atoms with E-state index in [2.05, 4.69) is 20.5 Å². The third-order valence-corrected chi connectivity index (χ3v) is 6.15. The topological polar surface area (TPSA) is 60.0 Å². The fourth-order valence-electron chi connectivity index (χ4n) is 3.91. The highest BCUT2D eigenvalue weighted by atomic mass is 127. The van der Waals surface area contributed by atoms with Crippen LogP contribution in [0.15, 0.2) is 29.3 Å². The predicted octanol–water partition coefficient (Wildman–Crippen LogP) is 3.49. The summed E-state index contributed by atoms with van der Waals surface area (Å²) in [6.07, 6.45) is -1.12. The lowest BCUT2D eigenvalue weighted by atomic mass is 9.84. The van der Waals surface area contributed by atoms with E-state index in [0.29, 0.717) is 24.0 Å². The van der Waals surface area contributed by atoms with Crippen LogP contribution in [0.4, 0.5) is 13.2 Å². The first-order valence-electron chi connectivity index (χ1n) is 10.9. The molecule has 1 aromatic carbocycles. The van der Waals surface area contributed by atoms with Crippen LogP contribution in [0.5, 0.6) is 0 Å². The molecule has 1 aliphatic heterocycles. The Balaban J connectivity index is 0.00000363. The third kappa shape index (κ3) is 7.23. The Morgan fingerprint density at radius 3 is 2.47 bits per heavy atom. The van der Waals surface area contributed by atoms with E-state index in [1.54, 1.807) is 20.0 Å². The Hall–Kier alpha value is -1.56. The van der Waals surface area contributed by atoms with Crippen LogP contribution in [0.1, 0.15) is 43.4 Å².